The van der Waals surface area contributed by atoms with Gasteiger partial charge in [0.2, 0.25) is 0 Å². The molecule has 2 rings (SSSR count). The number of carboxylic acids is 1. The minimum Gasteiger partial charge on any atom is -0.478 e. The zero-order valence-electron chi connectivity index (χ0n) is 11.6. The van der Waals surface area contributed by atoms with Crippen LogP contribution in [-0.4, -0.2) is 31.9 Å². The van der Waals surface area contributed by atoms with Crippen molar-refractivity contribution in [1.29, 1.82) is 0 Å². The summed E-state index contributed by atoms with van der Waals surface area (Å²) < 4.78 is 6.94. The van der Waals surface area contributed by atoms with Crippen molar-refractivity contribution in [2.75, 3.05) is 0 Å². The van der Waals surface area contributed by atoms with Crippen molar-refractivity contribution in [1.82, 2.24) is 25.4 Å². The molecule has 0 aliphatic heterocycles. The number of nitrogens with zero attached hydrogens (tertiary/aromatic N) is 3. The monoisotopic (exact) mass is 293 g/mol. The molecule has 0 radical (unpaired) electrons. The Labute approximate surface area is 120 Å². The van der Waals surface area contributed by atoms with Gasteiger partial charge in [0.25, 0.3) is 0 Å². The summed E-state index contributed by atoms with van der Waals surface area (Å²) in [6, 6.07) is 0.976. The maximum atomic E-state index is 11.6. The lowest BCUT2D eigenvalue weighted by Gasteiger charge is -2.05. The molecule has 2 aromatic rings. The third-order valence-corrected chi connectivity index (χ3v) is 2.83. The SMILES string of the molecule is Cc1oc(CNC(=O)NCc2nncn2C)cc1C(=O)O. The summed E-state index contributed by atoms with van der Waals surface area (Å²) in [7, 11) is 1.77. The summed E-state index contributed by atoms with van der Waals surface area (Å²) >= 11 is 0. The van der Waals surface area contributed by atoms with E-state index in [0.29, 0.717) is 17.3 Å². The van der Waals surface area contributed by atoms with E-state index in [1.54, 1.807) is 18.5 Å². The molecule has 0 unspecified atom stereocenters. The highest BCUT2D eigenvalue weighted by Crippen LogP contribution is 2.14. The van der Waals surface area contributed by atoms with Crippen LogP contribution in [0.25, 0.3) is 0 Å². The number of furan rings is 1. The largest absolute Gasteiger partial charge is 0.478 e. The van der Waals surface area contributed by atoms with Crippen LogP contribution in [0.4, 0.5) is 4.79 Å². The Morgan fingerprint density at radius 2 is 2.10 bits per heavy atom. The first-order valence-electron chi connectivity index (χ1n) is 6.14. The first-order chi connectivity index (χ1) is 9.97. The van der Waals surface area contributed by atoms with Crippen molar-refractivity contribution in [3.8, 4) is 0 Å². The van der Waals surface area contributed by atoms with Crippen LogP contribution in [0.2, 0.25) is 0 Å². The Balaban J connectivity index is 1.82. The molecule has 9 nitrogen and oxygen atoms in total. The van der Waals surface area contributed by atoms with E-state index in [2.05, 4.69) is 20.8 Å². The lowest BCUT2D eigenvalue weighted by Crippen LogP contribution is -2.35. The summed E-state index contributed by atoms with van der Waals surface area (Å²) in [5.74, 6) is 0.235. The van der Waals surface area contributed by atoms with Crippen LogP contribution in [0.1, 0.15) is 27.7 Å². The third-order valence-electron chi connectivity index (χ3n) is 2.83. The summed E-state index contributed by atoms with van der Waals surface area (Å²) in [5.41, 5.74) is 0.0892. The van der Waals surface area contributed by atoms with Gasteiger partial charge < -0.3 is 24.7 Å². The van der Waals surface area contributed by atoms with E-state index in [4.69, 9.17) is 9.52 Å². The molecule has 0 atom stereocenters. The van der Waals surface area contributed by atoms with Gasteiger partial charge in [0.05, 0.1) is 13.1 Å². The molecule has 0 spiro atoms. The molecule has 0 saturated carbocycles. The number of carboxylic acid groups (broad SMARTS) is 1. The number of urea groups is 1. The van der Waals surface area contributed by atoms with E-state index in [-0.39, 0.29) is 18.7 Å². The normalized spacial score (nSPS) is 10.4. The molecule has 112 valence electrons. The number of rotatable bonds is 5. The minimum absolute atomic E-state index is 0.0892. The van der Waals surface area contributed by atoms with Crippen LogP contribution in [0, 0.1) is 6.92 Å². The molecule has 2 aromatic heterocycles. The van der Waals surface area contributed by atoms with Gasteiger partial charge in [-0.3, -0.25) is 0 Å². The van der Waals surface area contributed by atoms with Crippen molar-refractivity contribution in [2.24, 2.45) is 7.05 Å². The predicted octanol–water partition coefficient (Wildman–Crippen LogP) is 0.414. The van der Waals surface area contributed by atoms with Crippen LogP contribution in [-0.2, 0) is 20.1 Å². The van der Waals surface area contributed by atoms with Crippen molar-refractivity contribution in [2.45, 2.75) is 20.0 Å². The fourth-order valence-corrected chi connectivity index (χ4v) is 1.70. The topological polar surface area (TPSA) is 122 Å². The van der Waals surface area contributed by atoms with E-state index in [9.17, 15) is 9.59 Å². The summed E-state index contributed by atoms with van der Waals surface area (Å²) in [6.45, 7) is 1.89. The van der Waals surface area contributed by atoms with Crippen LogP contribution >= 0.6 is 0 Å². The van der Waals surface area contributed by atoms with Gasteiger partial charge in [-0.2, -0.15) is 0 Å². The van der Waals surface area contributed by atoms with Gasteiger partial charge in [0.15, 0.2) is 5.82 Å². The molecule has 0 fully saturated rings. The second-order valence-electron chi connectivity index (χ2n) is 4.38. The molecular weight excluding hydrogens is 278 g/mol. The average molecular weight is 293 g/mol. The maximum absolute atomic E-state index is 11.6. The summed E-state index contributed by atoms with van der Waals surface area (Å²) in [5, 5.41) is 21.6. The number of aryl methyl sites for hydroxylation is 2. The van der Waals surface area contributed by atoms with E-state index >= 15 is 0 Å². The lowest BCUT2D eigenvalue weighted by atomic mass is 10.2. The number of hydrogen-bond acceptors (Lipinski definition) is 5. The fraction of sp³-hybridized carbons (Fsp3) is 0.333. The number of carbonyl (C=O) groups excluding carboxylic acids is 1. The zero-order chi connectivity index (χ0) is 15.4. The van der Waals surface area contributed by atoms with E-state index in [1.807, 2.05) is 0 Å². The highest BCUT2D eigenvalue weighted by molar-refractivity contribution is 5.88. The molecule has 0 aliphatic carbocycles. The van der Waals surface area contributed by atoms with Crippen LogP contribution in [0.3, 0.4) is 0 Å². The minimum atomic E-state index is -1.06. The Morgan fingerprint density at radius 3 is 2.67 bits per heavy atom. The first kappa shape index (κ1) is 14.6. The third kappa shape index (κ3) is 3.59. The Morgan fingerprint density at radius 1 is 1.38 bits per heavy atom. The molecule has 2 heterocycles. The summed E-state index contributed by atoms with van der Waals surface area (Å²) in [4.78, 5) is 22.5. The van der Waals surface area contributed by atoms with Gasteiger partial charge in [-0.05, 0) is 13.0 Å². The van der Waals surface area contributed by atoms with Crippen molar-refractivity contribution in [3.63, 3.8) is 0 Å². The molecule has 0 aliphatic rings. The smallest absolute Gasteiger partial charge is 0.339 e. The molecule has 0 saturated heterocycles. The Hall–Kier alpha value is -2.84. The molecule has 0 bridgehead atoms. The standard InChI is InChI=1S/C12H15N5O4/c1-7-9(11(18)19)3-8(21-7)4-13-12(20)14-5-10-16-15-6-17(10)2/h3,6H,4-5H2,1-2H3,(H,18,19)(H2,13,14,20). The van der Waals surface area contributed by atoms with E-state index in [0.717, 1.165) is 0 Å². The van der Waals surface area contributed by atoms with Gasteiger partial charge >= 0.3 is 12.0 Å². The quantitative estimate of drug-likeness (QED) is 0.734. The molecular formula is C12H15N5O4. The zero-order valence-corrected chi connectivity index (χ0v) is 11.6. The fourth-order valence-electron chi connectivity index (χ4n) is 1.70. The van der Waals surface area contributed by atoms with Gasteiger partial charge in [-0.1, -0.05) is 0 Å². The Bertz CT molecular complexity index is 660. The van der Waals surface area contributed by atoms with Gasteiger partial charge in [-0.15, -0.1) is 10.2 Å². The lowest BCUT2D eigenvalue weighted by molar-refractivity contribution is 0.0695. The number of amides is 2. The Kier molecular flexibility index (Phi) is 4.21. The molecule has 21 heavy (non-hydrogen) atoms. The first-order valence-corrected chi connectivity index (χ1v) is 6.14. The number of hydrogen-bond donors (Lipinski definition) is 3. The van der Waals surface area contributed by atoms with Crippen molar-refractivity contribution < 1.29 is 19.1 Å². The van der Waals surface area contributed by atoms with Crippen molar-refractivity contribution in [3.05, 3.63) is 35.3 Å². The molecule has 9 heteroatoms. The average Bonchev–Trinajstić information content (AvgIpc) is 3.00. The van der Waals surface area contributed by atoms with Crippen LogP contribution in [0.5, 0.6) is 0 Å². The second kappa shape index (κ2) is 6.07. The number of carbonyl (C=O) groups is 2. The van der Waals surface area contributed by atoms with Gasteiger partial charge in [0, 0.05) is 7.05 Å². The second-order valence-corrected chi connectivity index (χ2v) is 4.38. The van der Waals surface area contributed by atoms with Gasteiger partial charge in [-0.25, -0.2) is 9.59 Å². The molecule has 3 N–H and O–H groups in total. The number of aromatic carboxylic acids is 1. The molecule has 0 aromatic carbocycles. The summed E-state index contributed by atoms with van der Waals surface area (Å²) in [6.07, 6.45) is 1.54. The van der Waals surface area contributed by atoms with E-state index < -0.39 is 12.0 Å². The van der Waals surface area contributed by atoms with Crippen LogP contribution < -0.4 is 10.6 Å². The van der Waals surface area contributed by atoms with Gasteiger partial charge in [0.1, 0.15) is 23.4 Å². The highest BCUT2D eigenvalue weighted by Gasteiger charge is 2.14. The molecule has 2 amide bonds. The van der Waals surface area contributed by atoms with Crippen LogP contribution in [0.15, 0.2) is 16.8 Å². The van der Waals surface area contributed by atoms with E-state index in [1.165, 1.54) is 12.4 Å². The highest BCUT2D eigenvalue weighted by atomic mass is 16.4. The number of aromatic nitrogens is 3. The predicted molar refractivity (Wildman–Crippen MR) is 70.5 cm³/mol. The maximum Gasteiger partial charge on any atom is 0.339 e. The van der Waals surface area contributed by atoms with Crippen molar-refractivity contribution >= 4 is 12.0 Å². The number of nitrogens with one attached hydrogen (secondary N) is 2.